The Morgan fingerprint density at radius 3 is 2.33 bits per heavy atom. The fourth-order valence-corrected chi connectivity index (χ4v) is 5.60. The molecule has 10 heteroatoms. The first kappa shape index (κ1) is 25.7. The SMILES string of the molecule is CC1(C)CC(CNC(=O)c2ccc(Nc3nc(N)c(C(=O)c4c(F)cccc4F)s3)cc2)C(C)(C)N1. The lowest BCUT2D eigenvalue weighted by Gasteiger charge is -2.28. The zero-order valence-corrected chi connectivity index (χ0v) is 21.4. The number of aromatic nitrogens is 1. The van der Waals surface area contributed by atoms with Crippen LogP contribution in [0.15, 0.2) is 42.5 Å². The Balaban J connectivity index is 1.40. The highest BCUT2D eigenvalue weighted by molar-refractivity contribution is 7.18. The zero-order chi connectivity index (χ0) is 26.3. The fourth-order valence-electron chi connectivity index (χ4n) is 4.75. The van der Waals surface area contributed by atoms with Gasteiger partial charge in [0.05, 0.1) is 5.56 Å². The van der Waals surface area contributed by atoms with Gasteiger partial charge in [-0.1, -0.05) is 17.4 Å². The molecule has 2 aromatic carbocycles. The van der Waals surface area contributed by atoms with Crippen LogP contribution < -0.4 is 21.7 Å². The summed E-state index contributed by atoms with van der Waals surface area (Å²) in [7, 11) is 0. The number of hydrogen-bond acceptors (Lipinski definition) is 7. The Kier molecular flexibility index (Phi) is 6.85. The standard InChI is InChI=1S/C26H29F2N5O2S/c1-25(2)12-15(26(3,4)33-25)13-30-23(35)14-8-10-16(11-9-14)31-24-32-22(29)21(36-24)20(34)19-17(27)6-5-7-18(19)28/h5-11,15,33H,12-13,29H2,1-4H3,(H,30,35)(H,31,32). The highest BCUT2D eigenvalue weighted by Crippen LogP contribution is 2.35. The predicted molar refractivity (Wildman–Crippen MR) is 138 cm³/mol. The minimum Gasteiger partial charge on any atom is -0.382 e. The van der Waals surface area contributed by atoms with Crippen molar-refractivity contribution < 1.29 is 18.4 Å². The summed E-state index contributed by atoms with van der Waals surface area (Å²) in [5.74, 6) is -2.79. The number of nitrogens with one attached hydrogen (secondary N) is 3. The van der Waals surface area contributed by atoms with Crippen molar-refractivity contribution in [1.29, 1.82) is 0 Å². The first-order chi connectivity index (χ1) is 16.9. The van der Waals surface area contributed by atoms with Crippen LogP contribution >= 0.6 is 11.3 Å². The summed E-state index contributed by atoms with van der Waals surface area (Å²) in [6.07, 6.45) is 0.966. The van der Waals surface area contributed by atoms with Gasteiger partial charge in [0.1, 0.15) is 22.3 Å². The van der Waals surface area contributed by atoms with Crippen LogP contribution in [0.5, 0.6) is 0 Å². The van der Waals surface area contributed by atoms with Gasteiger partial charge in [0.2, 0.25) is 5.78 Å². The average molecular weight is 514 g/mol. The highest BCUT2D eigenvalue weighted by atomic mass is 32.1. The van der Waals surface area contributed by atoms with E-state index in [0.717, 1.165) is 29.9 Å². The number of halogens is 2. The maximum absolute atomic E-state index is 14.0. The molecule has 1 saturated heterocycles. The van der Waals surface area contributed by atoms with E-state index < -0.39 is 23.0 Å². The summed E-state index contributed by atoms with van der Waals surface area (Å²) in [4.78, 5) is 29.4. The van der Waals surface area contributed by atoms with Crippen LogP contribution in [0.2, 0.25) is 0 Å². The van der Waals surface area contributed by atoms with E-state index in [-0.39, 0.29) is 32.8 Å². The first-order valence-electron chi connectivity index (χ1n) is 11.6. The third kappa shape index (κ3) is 5.39. The number of amides is 1. The minimum absolute atomic E-state index is 0.0271. The van der Waals surface area contributed by atoms with Gasteiger partial charge in [-0.05, 0) is 76.4 Å². The molecular weight excluding hydrogens is 484 g/mol. The molecule has 1 aliphatic heterocycles. The van der Waals surface area contributed by atoms with Crippen molar-refractivity contribution in [3.8, 4) is 0 Å². The number of hydrogen-bond donors (Lipinski definition) is 4. The van der Waals surface area contributed by atoms with Crippen molar-refractivity contribution in [2.45, 2.75) is 45.2 Å². The number of nitrogens with zero attached hydrogens (tertiary/aromatic N) is 1. The molecule has 1 aliphatic rings. The van der Waals surface area contributed by atoms with E-state index >= 15 is 0 Å². The van der Waals surface area contributed by atoms with E-state index in [1.165, 1.54) is 6.07 Å². The van der Waals surface area contributed by atoms with Crippen LogP contribution in [0.25, 0.3) is 0 Å². The normalized spacial score (nSPS) is 18.1. The molecule has 7 nitrogen and oxygen atoms in total. The Hall–Kier alpha value is -3.37. The lowest BCUT2D eigenvalue weighted by molar-refractivity contribution is 0.0942. The van der Waals surface area contributed by atoms with Crippen LogP contribution in [-0.2, 0) is 0 Å². The number of thiazole rings is 1. The molecule has 0 spiro atoms. The van der Waals surface area contributed by atoms with Gasteiger partial charge < -0.3 is 21.7 Å². The number of ketones is 1. The molecule has 0 aliphatic carbocycles. The Morgan fingerprint density at radius 2 is 1.75 bits per heavy atom. The predicted octanol–water partition coefficient (Wildman–Crippen LogP) is 4.87. The maximum Gasteiger partial charge on any atom is 0.251 e. The van der Waals surface area contributed by atoms with Crippen molar-refractivity contribution in [3.63, 3.8) is 0 Å². The largest absolute Gasteiger partial charge is 0.382 e. The minimum atomic E-state index is -0.965. The van der Waals surface area contributed by atoms with E-state index in [9.17, 15) is 18.4 Å². The van der Waals surface area contributed by atoms with Crippen LogP contribution in [0, 0.1) is 17.6 Å². The number of nitrogens with two attached hydrogens (primary N) is 1. The fraction of sp³-hybridized carbons (Fsp3) is 0.346. The third-order valence-corrected chi connectivity index (χ3v) is 7.38. The second-order valence-electron chi connectivity index (χ2n) is 10.2. The molecule has 5 N–H and O–H groups in total. The quantitative estimate of drug-likeness (QED) is 0.336. The average Bonchev–Trinajstić information content (AvgIpc) is 3.25. The molecule has 2 heterocycles. The van der Waals surface area contributed by atoms with Crippen LogP contribution in [0.3, 0.4) is 0 Å². The summed E-state index contributed by atoms with van der Waals surface area (Å²) >= 11 is 0.892. The molecule has 3 aromatic rings. The van der Waals surface area contributed by atoms with Crippen LogP contribution in [0.4, 0.5) is 25.4 Å². The second-order valence-corrected chi connectivity index (χ2v) is 11.2. The smallest absolute Gasteiger partial charge is 0.251 e. The van der Waals surface area contributed by atoms with Crippen LogP contribution in [0.1, 0.15) is 59.7 Å². The monoisotopic (exact) mass is 513 g/mol. The highest BCUT2D eigenvalue weighted by Gasteiger charge is 2.43. The number of rotatable bonds is 7. The molecule has 0 bridgehead atoms. The molecule has 1 fully saturated rings. The molecule has 0 radical (unpaired) electrons. The van der Waals surface area contributed by atoms with Gasteiger partial charge >= 0.3 is 0 Å². The summed E-state index contributed by atoms with van der Waals surface area (Å²) in [5.41, 5.74) is 6.26. The summed E-state index contributed by atoms with van der Waals surface area (Å²) in [6, 6.07) is 9.97. The van der Waals surface area contributed by atoms with Crippen molar-refractivity contribution >= 4 is 39.7 Å². The van der Waals surface area contributed by atoms with E-state index in [0.29, 0.717) is 23.7 Å². The number of nitrogen functional groups attached to an aromatic ring is 1. The summed E-state index contributed by atoms with van der Waals surface area (Å²) in [5, 5.41) is 9.93. The van der Waals surface area contributed by atoms with Gasteiger partial charge in [0.15, 0.2) is 5.13 Å². The number of carbonyl (C=O) groups excluding carboxylic acids is 2. The Labute approximate surface area is 212 Å². The molecule has 36 heavy (non-hydrogen) atoms. The van der Waals surface area contributed by atoms with Crippen LogP contribution in [-0.4, -0.2) is 34.3 Å². The molecular formula is C26H29F2N5O2S. The van der Waals surface area contributed by atoms with Gasteiger partial charge in [-0.2, -0.15) is 0 Å². The molecule has 1 unspecified atom stereocenters. The molecule has 4 rings (SSSR count). The van der Waals surface area contributed by atoms with E-state index in [4.69, 9.17) is 5.73 Å². The molecule has 0 saturated carbocycles. The summed E-state index contributed by atoms with van der Waals surface area (Å²) in [6.45, 7) is 9.19. The van der Waals surface area contributed by atoms with E-state index in [1.54, 1.807) is 24.3 Å². The maximum atomic E-state index is 14.0. The van der Waals surface area contributed by atoms with Gasteiger partial charge in [-0.3, -0.25) is 9.59 Å². The molecule has 1 amide bonds. The lowest BCUT2D eigenvalue weighted by Crippen LogP contribution is -2.47. The molecule has 1 atom stereocenters. The van der Waals surface area contributed by atoms with Gasteiger partial charge in [-0.15, -0.1) is 0 Å². The first-order valence-corrected chi connectivity index (χ1v) is 12.4. The van der Waals surface area contributed by atoms with E-state index in [1.807, 2.05) is 0 Å². The molecule has 1 aromatic heterocycles. The Morgan fingerprint density at radius 1 is 1.11 bits per heavy atom. The lowest BCUT2D eigenvalue weighted by atomic mass is 9.87. The van der Waals surface area contributed by atoms with Crippen molar-refractivity contribution in [2.24, 2.45) is 5.92 Å². The second kappa shape index (κ2) is 9.59. The van der Waals surface area contributed by atoms with Crippen molar-refractivity contribution in [3.05, 3.63) is 70.1 Å². The third-order valence-electron chi connectivity index (χ3n) is 6.39. The summed E-state index contributed by atoms with van der Waals surface area (Å²) < 4.78 is 28.0. The van der Waals surface area contributed by atoms with Gasteiger partial charge in [0.25, 0.3) is 5.91 Å². The van der Waals surface area contributed by atoms with Crippen molar-refractivity contribution in [2.75, 3.05) is 17.6 Å². The topological polar surface area (TPSA) is 109 Å². The van der Waals surface area contributed by atoms with E-state index in [2.05, 4.69) is 48.6 Å². The Bertz CT molecular complexity index is 1280. The number of carbonyl (C=O) groups is 2. The number of benzene rings is 2. The molecule has 190 valence electrons. The van der Waals surface area contributed by atoms with Gasteiger partial charge in [0, 0.05) is 28.9 Å². The number of anilines is 3. The zero-order valence-electron chi connectivity index (χ0n) is 20.5. The van der Waals surface area contributed by atoms with Gasteiger partial charge in [-0.25, -0.2) is 13.8 Å². The van der Waals surface area contributed by atoms with Crippen molar-refractivity contribution in [1.82, 2.24) is 15.6 Å².